The van der Waals surface area contributed by atoms with Gasteiger partial charge in [0.2, 0.25) is 0 Å². The van der Waals surface area contributed by atoms with E-state index in [1.807, 2.05) is 29.1 Å². The van der Waals surface area contributed by atoms with Crippen molar-refractivity contribution in [1.82, 2.24) is 9.88 Å². The van der Waals surface area contributed by atoms with E-state index in [0.717, 1.165) is 12.2 Å². The SMILES string of the molecule is O[C@H](CN(Cc1ccccc1)Cc1cscn1)c1ccco1. The van der Waals surface area contributed by atoms with E-state index in [9.17, 15) is 5.11 Å². The van der Waals surface area contributed by atoms with Gasteiger partial charge in [0.25, 0.3) is 0 Å². The van der Waals surface area contributed by atoms with Crippen molar-refractivity contribution in [2.75, 3.05) is 6.54 Å². The van der Waals surface area contributed by atoms with Crippen LogP contribution in [0.4, 0.5) is 0 Å². The third kappa shape index (κ3) is 4.04. The molecule has 22 heavy (non-hydrogen) atoms. The highest BCUT2D eigenvalue weighted by Crippen LogP contribution is 2.18. The number of furan rings is 1. The average Bonchev–Trinajstić information content (AvgIpc) is 3.21. The van der Waals surface area contributed by atoms with Crippen LogP contribution < -0.4 is 0 Å². The van der Waals surface area contributed by atoms with Crippen molar-refractivity contribution in [2.45, 2.75) is 19.2 Å². The summed E-state index contributed by atoms with van der Waals surface area (Å²) in [5, 5.41) is 12.4. The van der Waals surface area contributed by atoms with Gasteiger partial charge < -0.3 is 9.52 Å². The number of aliphatic hydroxyl groups excluding tert-OH is 1. The normalized spacial score (nSPS) is 12.6. The molecule has 0 saturated heterocycles. The minimum absolute atomic E-state index is 0.500. The summed E-state index contributed by atoms with van der Waals surface area (Å²) >= 11 is 1.59. The number of aliphatic hydroxyl groups is 1. The van der Waals surface area contributed by atoms with Gasteiger partial charge in [0.15, 0.2) is 0 Å². The zero-order valence-corrected chi connectivity index (χ0v) is 12.9. The molecule has 1 aromatic carbocycles. The molecule has 0 aliphatic rings. The van der Waals surface area contributed by atoms with Gasteiger partial charge in [0, 0.05) is 25.0 Å². The number of thiazole rings is 1. The van der Waals surface area contributed by atoms with E-state index in [1.54, 1.807) is 29.7 Å². The highest BCUT2D eigenvalue weighted by atomic mass is 32.1. The van der Waals surface area contributed by atoms with Gasteiger partial charge in [-0.05, 0) is 17.7 Å². The van der Waals surface area contributed by atoms with Crippen molar-refractivity contribution in [2.24, 2.45) is 0 Å². The van der Waals surface area contributed by atoms with Gasteiger partial charge in [0.1, 0.15) is 11.9 Å². The Bertz CT molecular complexity index is 653. The molecule has 0 fully saturated rings. The highest BCUT2D eigenvalue weighted by Gasteiger charge is 2.17. The molecule has 114 valence electrons. The molecule has 0 saturated carbocycles. The molecule has 0 radical (unpaired) electrons. The van der Waals surface area contributed by atoms with E-state index in [2.05, 4.69) is 22.0 Å². The molecule has 0 aliphatic heterocycles. The van der Waals surface area contributed by atoms with Crippen molar-refractivity contribution in [3.8, 4) is 0 Å². The lowest BCUT2D eigenvalue weighted by Gasteiger charge is -2.23. The van der Waals surface area contributed by atoms with Crippen molar-refractivity contribution in [3.63, 3.8) is 0 Å². The van der Waals surface area contributed by atoms with E-state index < -0.39 is 6.10 Å². The highest BCUT2D eigenvalue weighted by molar-refractivity contribution is 7.07. The topological polar surface area (TPSA) is 49.5 Å². The first-order valence-electron chi connectivity index (χ1n) is 7.16. The Hall–Kier alpha value is -1.95. The lowest BCUT2D eigenvalue weighted by Crippen LogP contribution is -2.28. The summed E-state index contributed by atoms with van der Waals surface area (Å²) in [4.78, 5) is 6.52. The molecule has 1 N–H and O–H groups in total. The van der Waals surface area contributed by atoms with Gasteiger partial charge in [-0.15, -0.1) is 11.3 Å². The Morgan fingerprint density at radius 2 is 2.00 bits per heavy atom. The molecule has 3 rings (SSSR count). The van der Waals surface area contributed by atoms with E-state index in [-0.39, 0.29) is 0 Å². The van der Waals surface area contributed by atoms with Crippen LogP contribution in [0.2, 0.25) is 0 Å². The van der Waals surface area contributed by atoms with Crippen molar-refractivity contribution < 1.29 is 9.52 Å². The van der Waals surface area contributed by atoms with E-state index in [0.29, 0.717) is 18.8 Å². The maximum Gasteiger partial charge on any atom is 0.133 e. The molecular formula is C17H18N2O2S. The molecule has 2 aromatic heterocycles. The Balaban J connectivity index is 1.70. The van der Waals surface area contributed by atoms with Gasteiger partial charge in [-0.3, -0.25) is 4.90 Å². The van der Waals surface area contributed by atoms with Gasteiger partial charge in [0.05, 0.1) is 17.5 Å². The number of hydrogen-bond donors (Lipinski definition) is 1. The van der Waals surface area contributed by atoms with Gasteiger partial charge in [-0.2, -0.15) is 0 Å². The summed E-state index contributed by atoms with van der Waals surface area (Å²) in [6.45, 7) is 1.96. The summed E-state index contributed by atoms with van der Waals surface area (Å²) in [6.07, 6.45) is 0.943. The summed E-state index contributed by atoms with van der Waals surface area (Å²) in [5.41, 5.74) is 4.07. The van der Waals surface area contributed by atoms with Crippen LogP contribution in [0.1, 0.15) is 23.1 Å². The molecule has 5 heteroatoms. The molecule has 3 aromatic rings. The lowest BCUT2D eigenvalue weighted by molar-refractivity contribution is 0.0868. The number of hydrogen-bond acceptors (Lipinski definition) is 5. The third-order valence-electron chi connectivity index (χ3n) is 3.42. The molecule has 0 unspecified atom stereocenters. The van der Waals surface area contributed by atoms with Crippen LogP contribution in [0.25, 0.3) is 0 Å². The number of aromatic nitrogens is 1. The zero-order chi connectivity index (χ0) is 15.2. The van der Waals surface area contributed by atoms with Crippen molar-refractivity contribution in [3.05, 3.63) is 76.6 Å². The molecule has 4 nitrogen and oxygen atoms in total. The Labute approximate surface area is 133 Å². The third-order valence-corrected chi connectivity index (χ3v) is 4.06. The van der Waals surface area contributed by atoms with E-state index in [1.165, 1.54) is 5.56 Å². The van der Waals surface area contributed by atoms with Crippen LogP contribution >= 0.6 is 11.3 Å². The maximum absolute atomic E-state index is 10.3. The van der Waals surface area contributed by atoms with Crippen LogP contribution in [-0.4, -0.2) is 21.5 Å². The van der Waals surface area contributed by atoms with Gasteiger partial charge in [-0.25, -0.2) is 4.98 Å². The quantitative estimate of drug-likeness (QED) is 0.725. The fraction of sp³-hybridized carbons (Fsp3) is 0.235. The number of benzene rings is 1. The fourth-order valence-corrected chi connectivity index (χ4v) is 2.94. The second kappa shape index (κ2) is 7.35. The van der Waals surface area contributed by atoms with Crippen LogP contribution in [-0.2, 0) is 13.1 Å². The van der Waals surface area contributed by atoms with Crippen LogP contribution in [0.5, 0.6) is 0 Å². The molecule has 1 atom stereocenters. The second-order valence-corrected chi connectivity index (χ2v) is 5.88. The summed E-state index contributed by atoms with van der Waals surface area (Å²) in [7, 11) is 0. The lowest BCUT2D eigenvalue weighted by atomic mass is 10.2. The first kappa shape index (κ1) is 15.0. The summed E-state index contributed by atoms with van der Waals surface area (Å²) in [5.74, 6) is 0.594. The monoisotopic (exact) mass is 314 g/mol. The molecule has 0 bridgehead atoms. The zero-order valence-electron chi connectivity index (χ0n) is 12.1. The number of rotatable bonds is 7. The molecule has 0 aliphatic carbocycles. The maximum atomic E-state index is 10.3. The first-order chi connectivity index (χ1) is 10.8. The van der Waals surface area contributed by atoms with Crippen LogP contribution in [0.3, 0.4) is 0 Å². The number of nitrogens with zero attached hydrogens (tertiary/aromatic N) is 2. The minimum atomic E-state index is -0.641. The van der Waals surface area contributed by atoms with Gasteiger partial charge in [-0.1, -0.05) is 30.3 Å². The molecule has 0 amide bonds. The summed E-state index contributed by atoms with van der Waals surface area (Å²) < 4.78 is 5.29. The molecule has 0 spiro atoms. The minimum Gasteiger partial charge on any atom is -0.467 e. The van der Waals surface area contributed by atoms with Gasteiger partial charge >= 0.3 is 0 Å². The Morgan fingerprint density at radius 1 is 1.14 bits per heavy atom. The first-order valence-corrected chi connectivity index (χ1v) is 8.10. The average molecular weight is 314 g/mol. The van der Waals surface area contributed by atoms with Crippen molar-refractivity contribution in [1.29, 1.82) is 0 Å². The van der Waals surface area contributed by atoms with Crippen molar-refractivity contribution >= 4 is 11.3 Å². The van der Waals surface area contributed by atoms with E-state index in [4.69, 9.17) is 4.42 Å². The summed E-state index contributed by atoms with van der Waals surface area (Å²) in [6, 6.07) is 13.8. The predicted molar refractivity (Wildman–Crippen MR) is 86.3 cm³/mol. The predicted octanol–water partition coefficient (Wildman–Crippen LogP) is 3.47. The van der Waals surface area contributed by atoms with E-state index >= 15 is 0 Å². The largest absolute Gasteiger partial charge is 0.467 e. The molecule has 2 heterocycles. The Kier molecular flexibility index (Phi) is 5.00. The molecular weight excluding hydrogens is 296 g/mol. The standard InChI is InChI=1S/C17H18N2O2S/c20-16(17-7-4-8-21-17)11-19(10-15-12-22-13-18-15)9-14-5-2-1-3-6-14/h1-8,12-13,16,20H,9-11H2/t16-/m1/s1. The van der Waals surface area contributed by atoms with Crippen LogP contribution in [0, 0.1) is 0 Å². The Morgan fingerprint density at radius 3 is 2.68 bits per heavy atom. The fourth-order valence-electron chi connectivity index (χ4n) is 2.39. The van der Waals surface area contributed by atoms with Crippen LogP contribution in [0.15, 0.2) is 64.0 Å². The smallest absolute Gasteiger partial charge is 0.133 e. The second-order valence-electron chi connectivity index (χ2n) is 5.17.